The average molecular weight is 437 g/mol. The molecule has 0 fully saturated rings. The van der Waals surface area contributed by atoms with Crippen molar-refractivity contribution in [2.75, 3.05) is 0 Å². The molecule has 3 heteroatoms. The summed E-state index contributed by atoms with van der Waals surface area (Å²) in [7, 11) is -1.37. The number of benzene rings is 4. The Kier molecular flexibility index (Phi) is 3.89. The predicted octanol–water partition coefficient (Wildman–Crippen LogP) is 8.80. The molecule has 6 aromatic rings. The lowest BCUT2D eigenvalue weighted by Gasteiger charge is -2.08. The zero-order chi connectivity index (χ0) is 20.5. The first-order valence-electron chi connectivity index (χ1n) is 10.2. The van der Waals surface area contributed by atoms with Crippen LogP contribution in [0.15, 0.2) is 66.0 Å². The molecular formula is C27H20S2Si. The summed E-state index contributed by atoms with van der Waals surface area (Å²) in [4.78, 5) is 1.18. The van der Waals surface area contributed by atoms with E-state index >= 15 is 0 Å². The molecule has 6 rings (SSSR count). The van der Waals surface area contributed by atoms with Gasteiger partial charge in [0.05, 0.1) is 4.88 Å². The van der Waals surface area contributed by atoms with E-state index in [0.717, 1.165) is 0 Å². The van der Waals surface area contributed by atoms with E-state index in [9.17, 15) is 0 Å². The van der Waals surface area contributed by atoms with Crippen LogP contribution in [0.1, 0.15) is 4.88 Å². The normalized spacial score (nSPS) is 12.2. The first-order chi connectivity index (χ1) is 14.4. The lowest BCUT2D eigenvalue weighted by Crippen LogP contribution is -2.16. The second kappa shape index (κ2) is 6.43. The largest absolute Gasteiger partial charge is 0.144 e. The molecule has 30 heavy (non-hydrogen) atoms. The van der Waals surface area contributed by atoms with Gasteiger partial charge >= 0.3 is 0 Å². The summed E-state index contributed by atoms with van der Waals surface area (Å²) >= 11 is 3.64. The molecule has 0 saturated heterocycles. The number of hydrogen-bond donors (Lipinski definition) is 0. The van der Waals surface area contributed by atoms with Crippen molar-refractivity contribution in [1.29, 1.82) is 0 Å². The van der Waals surface area contributed by atoms with E-state index in [2.05, 4.69) is 97.1 Å². The van der Waals surface area contributed by atoms with Gasteiger partial charge in [0.25, 0.3) is 0 Å². The topological polar surface area (TPSA) is 0 Å². The van der Waals surface area contributed by atoms with E-state index in [1.807, 2.05) is 22.7 Å². The Morgan fingerprint density at radius 3 is 2.00 bits per heavy atom. The molecule has 0 radical (unpaired) electrons. The minimum atomic E-state index is -1.37. The van der Waals surface area contributed by atoms with Crippen molar-refractivity contribution in [1.82, 2.24) is 0 Å². The van der Waals surface area contributed by atoms with E-state index in [-0.39, 0.29) is 0 Å². The predicted molar refractivity (Wildman–Crippen MR) is 140 cm³/mol. The highest BCUT2D eigenvalue weighted by molar-refractivity contribution is 7.19. The molecule has 0 bridgehead atoms. The van der Waals surface area contributed by atoms with Crippen LogP contribution in [0.25, 0.3) is 52.5 Å². The number of hydrogen-bond acceptors (Lipinski definition) is 2. The summed E-state index contributed by atoms with van der Waals surface area (Å²) in [6.07, 6.45) is 0. The minimum absolute atomic E-state index is 1.18. The molecule has 0 nitrogen and oxygen atoms in total. The van der Waals surface area contributed by atoms with Gasteiger partial charge in [0.15, 0.2) is 0 Å². The summed E-state index contributed by atoms with van der Waals surface area (Å²) in [6, 6.07) is 23.0. The van der Waals surface area contributed by atoms with Crippen LogP contribution >= 0.6 is 22.7 Å². The summed E-state index contributed by atoms with van der Waals surface area (Å²) in [5, 5.41) is 12.8. The Labute approximate surface area is 184 Å². The summed E-state index contributed by atoms with van der Waals surface area (Å²) < 4.78 is 2.68. The van der Waals surface area contributed by atoms with Gasteiger partial charge in [-0.1, -0.05) is 49.8 Å². The Balaban J connectivity index is 1.62. The Morgan fingerprint density at radius 1 is 0.633 bits per heavy atom. The maximum Gasteiger partial charge on any atom is 0.129 e. The third-order valence-electron chi connectivity index (χ3n) is 5.60. The van der Waals surface area contributed by atoms with Gasteiger partial charge in [-0.2, -0.15) is 0 Å². The molecule has 2 aromatic heterocycles. The van der Waals surface area contributed by atoms with Crippen molar-refractivity contribution in [3.8, 4) is 11.5 Å². The molecule has 0 atom stereocenters. The van der Waals surface area contributed by atoms with Crippen LogP contribution in [-0.2, 0) is 0 Å². The zero-order valence-corrected chi connectivity index (χ0v) is 19.8. The lowest BCUT2D eigenvalue weighted by atomic mass is 9.96. The monoisotopic (exact) mass is 436 g/mol. The van der Waals surface area contributed by atoms with Crippen molar-refractivity contribution < 1.29 is 0 Å². The van der Waals surface area contributed by atoms with Gasteiger partial charge < -0.3 is 0 Å². The van der Waals surface area contributed by atoms with Crippen LogP contribution in [-0.4, -0.2) is 8.07 Å². The molecule has 0 aliphatic carbocycles. The molecule has 0 amide bonds. The first kappa shape index (κ1) is 18.2. The van der Waals surface area contributed by atoms with E-state index in [4.69, 9.17) is 0 Å². The third kappa shape index (κ3) is 2.95. The average Bonchev–Trinajstić information content (AvgIpc) is 3.33. The van der Waals surface area contributed by atoms with Gasteiger partial charge in [-0.05, 0) is 84.9 Å². The van der Waals surface area contributed by atoms with Gasteiger partial charge in [-0.15, -0.1) is 28.2 Å². The molecule has 0 saturated carbocycles. The molecule has 0 unspecified atom stereocenters. The number of thiophene rings is 2. The second-order valence-corrected chi connectivity index (χ2v) is 15.8. The van der Waals surface area contributed by atoms with Crippen molar-refractivity contribution in [2.24, 2.45) is 0 Å². The number of rotatable bonds is 0. The Hall–Kier alpha value is -2.64. The maximum absolute atomic E-state index is 3.50. The quantitative estimate of drug-likeness (QED) is 0.127. The molecule has 0 spiro atoms. The lowest BCUT2D eigenvalue weighted by molar-refractivity contribution is 1.81. The van der Waals surface area contributed by atoms with Crippen LogP contribution in [0.5, 0.6) is 0 Å². The van der Waals surface area contributed by atoms with E-state index in [1.54, 1.807) is 0 Å². The SMILES string of the molecule is C[Si](C)(C)C#Cc1cc2cc3ccc4c5cc6sccc6cc5ccc4c3cc2s1. The molecule has 4 aromatic carbocycles. The second-order valence-electron chi connectivity index (χ2n) is 8.98. The fourth-order valence-corrected chi connectivity index (χ4v) is 6.53. The standard InChI is InChI=1S/C27H20S2Si/c1-30(2,3)11-9-21-14-20-13-18-5-7-22-23(25(18)16-27(20)29-21)6-4-17-12-19-8-10-28-26(19)15-24(17)22/h4-8,10,12-16H,1-3H3. The molecule has 0 aliphatic rings. The third-order valence-corrected chi connectivity index (χ3v) is 8.37. The van der Waals surface area contributed by atoms with Gasteiger partial charge in [-0.25, -0.2) is 0 Å². The van der Waals surface area contributed by atoms with E-state index in [1.165, 1.54) is 57.4 Å². The fourth-order valence-electron chi connectivity index (χ4n) is 4.18. The molecule has 144 valence electrons. The summed E-state index contributed by atoms with van der Waals surface area (Å²) in [6.45, 7) is 6.88. The molecule has 0 aliphatic heterocycles. The van der Waals surface area contributed by atoms with Gasteiger partial charge in [0.1, 0.15) is 8.07 Å². The smallest absolute Gasteiger partial charge is 0.129 e. The number of fused-ring (bicyclic) bond motifs is 7. The fraction of sp³-hybridized carbons (Fsp3) is 0.111. The highest BCUT2D eigenvalue weighted by Gasteiger charge is 2.10. The van der Waals surface area contributed by atoms with Crippen LogP contribution in [0.3, 0.4) is 0 Å². The maximum atomic E-state index is 3.50. The van der Waals surface area contributed by atoms with Gasteiger partial charge in [-0.3, -0.25) is 0 Å². The minimum Gasteiger partial charge on any atom is -0.144 e. The van der Waals surface area contributed by atoms with Crippen LogP contribution in [0, 0.1) is 11.5 Å². The highest BCUT2D eigenvalue weighted by atomic mass is 32.1. The van der Waals surface area contributed by atoms with Crippen LogP contribution < -0.4 is 0 Å². The zero-order valence-electron chi connectivity index (χ0n) is 17.2. The Morgan fingerprint density at radius 2 is 1.30 bits per heavy atom. The van der Waals surface area contributed by atoms with Gasteiger partial charge in [0.2, 0.25) is 0 Å². The van der Waals surface area contributed by atoms with Crippen molar-refractivity contribution >= 4 is 83.2 Å². The van der Waals surface area contributed by atoms with Crippen LogP contribution in [0.4, 0.5) is 0 Å². The van der Waals surface area contributed by atoms with Gasteiger partial charge in [0, 0.05) is 9.40 Å². The van der Waals surface area contributed by atoms with Crippen molar-refractivity contribution in [2.45, 2.75) is 19.6 Å². The molecule has 2 heterocycles. The first-order valence-corrected chi connectivity index (χ1v) is 15.4. The summed E-state index contributed by atoms with van der Waals surface area (Å²) in [5.74, 6) is 3.44. The Bertz CT molecular complexity index is 1680. The van der Waals surface area contributed by atoms with Crippen molar-refractivity contribution in [3.63, 3.8) is 0 Å². The molecule has 0 N–H and O–H groups in total. The summed E-state index contributed by atoms with van der Waals surface area (Å²) in [5.41, 5.74) is 3.50. The van der Waals surface area contributed by atoms with E-state index in [0.29, 0.717) is 0 Å². The van der Waals surface area contributed by atoms with Crippen molar-refractivity contribution in [3.05, 3.63) is 70.9 Å². The van der Waals surface area contributed by atoms with E-state index < -0.39 is 8.07 Å². The van der Waals surface area contributed by atoms with Crippen LogP contribution in [0.2, 0.25) is 19.6 Å². The molecular weight excluding hydrogens is 417 g/mol. The highest BCUT2D eigenvalue weighted by Crippen LogP contribution is 2.37.